The number of carbonyl (C=O) groups excluding carboxylic acids is 3. The zero-order valence-electron chi connectivity index (χ0n) is 53.2. The molecule has 0 amide bonds. The first-order valence-corrected chi connectivity index (χ1v) is 35.7. The summed E-state index contributed by atoms with van der Waals surface area (Å²) in [5.41, 5.74) is 0. The van der Waals surface area contributed by atoms with Gasteiger partial charge in [0.25, 0.3) is 0 Å². The van der Waals surface area contributed by atoms with Crippen LogP contribution in [0.4, 0.5) is 0 Å². The highest BCUT2D eigenvalue weighted by Crippen LogP contribution is 2.19. The lowest BCUT2D eigenvalue weighted by atomic mass is 10.0. The van der Waals surface area contributed by atoms with E-state index in [1.165, 1.54) is 315 Å². The molecular weight excluding hydrogens is 961 g/mol. The zero-order chi connectivity index (χ0) is 56.4. The number of rotatable bonds is 67. The van der Waals surface area contributed by atoms with Crippen LogP contribution in [0.25, 0.3) is 0 Å². The van der Waals surface area contributed by atoms with Crippen molar-refractivity contribution in [2.75, 3.05) is 13.2 Å². The second-order valence-corrected chi connectivity index (χ2v) is 24.5. The maximum Gasteiger partial charge on any atom is 0.306 e. The van der Waals surface area contributed by atoms with Crippen molar-refractivity contribution < 1.29 is 28.6 Å². The van der Waals surface area contributed by atoms with E-state index in [-0.39, 0.29) is 31.1 Å². The van der Waals surface area contributed by atoms with Gasteiger partial charge in [0.15, 0.2) is 6.10 Å². The maximum absolute atomic E-state index is 12.9. The molecular formula is C72H138O6. The fourth-order valence-corrected chi connectivity index (χ4v) is 11.2. The van der Waals surface area contributed by atoms with Gasteiger partial charge in [-0.2, -0.15) is 0 Å². The van der Waals surface area contributed by atoms with E-state index in [1.807, 2.05) is 0 Å². The Morgan fingerprint density at radius 2 is 0.423 bits per heavy atom. The van der Waals surface area contributed by atoms with Gasteiger partial charge in [-0.25, -0.2) is 0 Å². The Bertz CT molecular complexity index is 1210. The lowest BCUT2D eigenvalue weighted by Crippen LogP contribution is -2.30. The molecule has 0 saturated heterocycles. The van der Waals surface area contributed by atoms with Crippen LogP contribution in [0.1, 0.15) is 412 Å². The van der Waals surface area contributed by atoms with Gasteiger partial charge >= 0.3 is 17.9 Å². The third-order valence-electron chi connectivity index (χ3n) is 16.5. The van der Waals surface area contributed by atoms with E-state index < -0.39 is 6.10 Å². The second-order valence-electron chi connectivity index (χ2n) is 24.5. The van der Waals surface area contributed by atoms with Crippen molar-refractivity contribution >= 4 is 17.9 Å². The highest BCUT2D eigenvalue weighted by atomic mass is 16.6. The van der Waals surface area contributed by atoms with Crippen molar-refractivity contribution in [2.45, 2.75) is 419 Å². The van der Waals surface area contributed by atoms with Crippen molar-refractivity contribution in [1.29, 1.82) is 0 Å². The molecule has 0 aromatic heterocycles. The van der Waals surface area contributed by atoms with Crippen molar-refractivity contribution in [3.63, 3.8) is 0 Å². The Balaban J connectivity index is 4.13. The van der Waals surface area contributed by atoms with Crippen LogP contribution < -0.4 is 0 Å². The molecule has 1 atom stereocenters. The monoisotopic (exact) mass is 1100 g/mol. The maximum atomic E-state index is 12.9. The molecule has 462 valence electrons. The number of ether oxygens (including phenoxy) is 3. The summed E-state index contributed by atoms with van der Waals surface area (Å²) in [5.74, 6) is -0.833. The Kier molecular flexibility index (Phi) is 66.0. The van der Waals surface area contributed by atoms with Crippen LogP contribution >= 0.6 is 0 Å². The summed E-state index contributed by atoms with van der Waals surface area (Å²) in [6.07, 6.45) is 81.1. The van der Waals surface area contributed by atoms with Gasteiger partial charge in [-0.15, -0.1) is 0 Å². The number of hydrogen-bond acceptors (Lipinski definition) is 6. The van der Waals surface area contributed by atoms with Crippen LogP contribution in [0.5, 0.6) is 0 Å². The molecule has 0 aliphatic rings. The van der Waals surface area contributed by atoms with E-state index in [0.29, 0.717) is 19.3 Å². The fraction of sp³-hybridized carbons (Fsp3) is 0.931. The van der Waals surface area contributed by atoms with E-state index in [1.54, 1.807) is 0 Å². The van der Waals surface area contributed by atoms with Crippen molar-refractivity contribution in [3.05, 3.63) is 12.2 Å². The summed E-state index contributed by atoms with van der Waals surface area (Å²) in [6.45, 7) is 6.72. The highest BCUT2D eigenvalue weighted by molar-refractivity contribution is 5.71. The fourth-order valence-electron chi connectivity index (χ4n) is 11.2. The standard InChI is InChI=1S/C72H138O6/c1-4-7-10-13-16-19-22-25-27-29-31-32-33-34-35-36-37-38-39-40-42-43-45-47-50-53-56-59-62-65-71(74)77-68-69(67-76-70(73)64-61-58-55-52-49-24-21-18-15-12-9-6-3)78-72(75)66-63-60-57-54-51-48-46-44-41-30-28-26-23-20-17-14-11-8-5-2/h26,28,69H,4-25,27,29-68H2,1-3H3/b28-26-. The first kappa shape index (κ1) is 76.1. The number of allylic oxidation sites excluding steroid dienone is 2. The highest BCUT2D eigenvalue weighted by Gasteiger charge is 2.19. The van der Waals surface area contributed by atoms with E-state index in [2.05, 4.69) is 32.9 Å². The Labute approximate surface area is 488 Å². The van der Waals surface area contributed by atoms with Gasteiger partial charge in [-0.05, 0) is 44.9 Å². The Morgan fingerprint density at radius 1 is 0.244 bits per heavy atom. The molecule has 0 fully saturated rings. The first-order chi connectivity index (χ1) is 38.5. The molecule has 0 spiro atoms. The predicted molar refractivity (Wildman–Crippen MR) is 340 cm³/mol. The number of unbranched alkanes of at least 4 members (excludes halogenated alkanes) is 54. The largest absolute Gasteiger partial charge is 0.462 e. The van der Waals surface area contributed by atoms with Gasteiger partial charge in [0.2, 0.25) is 0 Å². The Morgan fingerprint density at radius 3 is 0.641 bits per heavy atom. The van der Waals surface area contributed by atoms with Gasteiger partial charge < -0.3 is 14.2 Å². The van der Waals surface area contributed by atoms with Crippen molar-refractivity contribution in [1.82, 2.24) is 0 Å². The third kappa shape index (κ3) is 65.0. The normalized spacial score (nSPS) is 12.0. The average Bonchev–Trinajstić information content (AvgIpc) is 3.44. The molecule has 0 bridgehead atoms. The molecule has 0 radical (unpaired) electrons. The minimum atomic E-state index is -0.767. The minimum absolute atomic E-state index is 0.0640. The van der Waals surface area contributed by atoms with E-state index >= 15 is 0 Å². The van der Waals surface area contributed by atoms with Gasteiger partial charge in [0, 0.05) is 19.3 Å². The summed E-state index contributed by atoms with van der Waals surface area (Å²) in [4.78, 5) is 38.4. The molecule has 0 aromatic rings. The van der Waals surface area contributed by atoms with Crippen LogP contribution in [0, 0.1) is 0 Å². The summed E-state index contributed by atoms with van der Waals surface area (Å²) in [5, 5.41) is 0. The quantitative estimate of drug-likeness (QED) is 0.0261. The smallest absolute Gasteiger partial charge is 0.306 e. The molecule has 0 rings (SSSR count). The second kappa shape index (κ2) is 67.7. The molecule has 0 aliphatic carbocycles. The SMILES string of the molecule is CCCCCCCC/C=C\CCCCCCCCCCCC(=O)OC(COC(=O)CCCCCCCCCCCCCC)COC(=O)CCCCCCCCCCCCCCCCCCCCCCCCCCCCCCC. The minimum Gasteiger partial charge on any atom is -0.462 e. The lowest BCUT2D eigenvalue weighted by molar-refractivity contribution is -0.167. The molecule has 0 N–H and O–H groups in total. The Hall–Kier alpha value is -1.85. The molecule has 0 heterocycles. The first-order valence-electron chi connectivity index (χ1n) is 35.7. The third-order valence-corrected chi connectivity index (χ3v) is 16.5. The lowest BCUT2D eigenvalue weighted by Gasteiger charge is -2.18. The summed E-state index contributed by atoms with van der Waals surface area (Å²) in [6, 6.07) is 0. The van der Waals surface area contributed by atoms with Crippen LogP contribution in [-0.4, -0.2) is 37.2 Å². The molecule has 1 unspecified atom stereocenters. The zero-order valence-corrected chi connectivity index (χ0v) is 53.2. The van der Waals surface area contributed by atoms with Crippen molar-refractivity contribution in [3.8, 4) is 0 Å². The summed E-state index contributed by atoms with van der Waals surface area (Å²) in [7, 11) is 0. The van der Waals surface area contributed by atoms with Crippen LogP contribution in [0.3, 0.4) is 0 Å². The number of hydrogen-bond donors (Lipinski definition) is 0. The van der Waals surface area contributed by atoms with E-state index in [4.69, 9.17) is 14.2 Å². The summed E-state index contributed by atoms with van der Waals surface area (Å²) < 4.78 is 17.0. The van der Waals surface area contributed by atoms with Gasteiger partial charge in [-0.1, -0.05) is 360 Å². The van der Waals surface area contributed by atoms with Crippen LogP contribution in [0.2, 0.25) is 0 Å². The molecule has 0 saturated carbocycles. The molecule has 0 aliphatic heterocycles. The molecule has 0 aromatic carbocycles. The molecule has 6 heteroatoms. The van der Waals surface area contributed by atoms with Crippen LogP contribution in [0.15, 0.2) is 12.2 Å². The van der Waals surface area contributed by atoms with Gasteiger partial charge in [0.1, 0.15) is 13.2 Å². The van der Waals surface area contributed by atoms with Gasteiger partial charge in [0.05, 0.1) is 0 Å². The van der Waals surface area contributed by atoms with Gasteiger partial charge in [-0.3, -0.25) is 14.4 Å². The summed E-state index contributed by atoms with van der Waals surface area (Å²) >= 11 is 0. The van der Waals surface area contributed by atoms with E-state index in [0.717, 1.165) is 57.8 Å². The number of esters is 3. The number of carbonyl (C=O) groups is 3. The van der Waals surface area contributed by atoms with Crippen LogP contribution in [-0.2, 0) is 28.6 Å². The molecule has 6 nitrogen and oxygen atoms in total. The topological polar surface area (TPSA) is 78.9 Å². The van der Waals surface area contributed by atoms with E-state index in [9.17, 15) is 14.4 Å². The van der Waals surface area contributed by atoms with Crippen molar-refractivity contribution in [2.24, 2.45) is 0 Å². The predicted octanol–water partition coefficient (Wildman–Crippen LogP) is 24.4. The average molecular weight is 1100 g/mol. The molecule has 78 heavy (non-hydrogen) atoms.